The van der Waals surface area contributed by atoms with Gasteiger partial charge < -0.3 is 14.2 Å². The lowest BCUT2D eigenvalue weighted by Crippen LogP contribution is -2.44. The Morgan fingerprint density at radius 3 is 2.88 bits per heavy atom. The van der Waals surface area contributed by atoms with Gasteiger partial charge in [-0.05, 0) is 37.3 Å². The molecule has 26 heavy (non-hydrogen) atoms. The van der Waals surface area contributed by atoms with Crippen LogP contribution in [0, 0.1) is 5.41 Å². The summed E-state index contributed by atoms with van der Waals surface area (Å²) >= 11 is 0. The van der Waals surface area contributed by atoms with E-state index in [1.807, 2.05) is 0 Å². The molecule has 1 aromatic rings. The van der Waals surface area contributed by atoms with E-state index in [1.165, 1.54) is 56.1 Å². The van der Waals surface area contributed by atoms with E-state index in [0.717, 1.165) is 38.0 Å². The van der Waals surface area contributed by atoms with Crippen LogP contribution in [0.1, 0.15) is 88.4 Å². The van der Waals surface area contributed by atoms with Crippen LogP contribution in [-0.4, -0.2) is 18.5 Å². The van der Waals surface area contributed by atoms with Crippen molar-refractivity contribution in [2.24, 2.45) is 5.41 Å². The zero-order chi connectivity index (χ0) is 17.6. The first-order valence-corrected chi connectivity index (χ1v) is 10.8. The minimum absolute atomic E-state index is 0.143. The third kappa shape index (κ3) is 2.88. The average molecular weight is 357 g/mol. The minimum Gasteiger partial charge on any atom is -0.462 e. The molecular formula is C23H32O3. The van der Waals surface area contributed by atoms with E-state index < -0.39 is 5.79 Å². The van der Waals surface area contributed by atoms with E-state index in [4.69, 9.17) is 14.2 Å². The minimum atomic E-state index is -0.458. The summed E-state index contributed by atoms with van der Waals surface area (Å²) in [6.07, 6.45) is 13.7. The van der Waals surface area contributed by atoms with E-state index in [2.05, 4.69) is 25.1 Å². The number of benzene rings is 1. The van der Waals surface area contributed by atoms with E-state index in [0.29, 0.717) is 11.5 Å². The molecule has 142 valence electrons. The first kappa shape index (κ1) is 17.1. The van der Waals surface area contributed by atoms with Crippen molar-refractivity contribution in [2.75, 3.05) is 6.61 Å². The van der Waals surface area contributed by atoms with Crippen molar-refractivity contribution in [3.05, 3.63) is 29.3 Å². The molecule has 0 N–H and O–H groups in total. The topological polar surface area (TPSA) is 27.7 Å². The Morgan fingerprint density at radius 1 is 1.15 bits per heavy atom. The molecule has 0 radical (unpaired) electrons. The van der Waals surface area contributed by atoms with Crippen LogP contribution in [0.2, 0.25) is 0 Å². The molecule has 2 spiro atoms. The predicted molar refractivity (Wildman–Crippen MR) is 101 cm³/mol. The number of hydrogen-bond donors (Lipinski definition) is 0. The third-order valence-corrected chi connectivity index (χ3v) is 7.15. The summed E-state index contributed by atoms with van der Waals surface area (Å²) in [4.78, 5) is 0. The molecule has 4 aliphatic rings. The molecule has 3 heteroatoms. The van der Waals surface area contributed by atoms with Gasteiger partial charge in [-0.1, -0.05) is 51.2 Å². The second kappa shape index (κ2) is 6.53. The fourth-order valence-electron chi connectivity index (χ4n) is 5.87. The van der Waals surface area contributed by atoms with E-state index in [9.17, 15) is 0 Å². The van der Waals surface area contributed by atoms with E-state index in [1.54, 1.807) is 0 Å². The maximum atomic E-state index is 6.60. The van der Waals surface area contributed by atoms with Gasteiger partial charge >= 0.3 is 0 Å². The van der Waals surface area contributed by atoms with Gasteiger partial charge in [-0.15, -0.1) is 0 Å². The van der Waals surface area contributed by atoms with Gasteiger partial charge in [0.05, 0.1) is 18.8 Å². The average Bonchev–Trinajstić information content (AvgIpc) is 2.97. The molecule has 3 atom stereocenters. The van der Waals surface area contributed by atoms with Crippen LogP contribution >= 0.6 is 0 Å². The third-order valence-electron chi connectivity index (χ3n) is 7.15. The van der Waals surface area contributed by atoms with Crippen molar-refractivity contribution in [1.82, 2.24) is 0 Å². The van der Waals surface area contributed by atoms with E-state index in [-0.39, 0.29) is 6.10 Å². The molecule has 1 saturated heterocycles. The quantitative estimate of drug-likeness (QED) is 0.694. The Labute approximate surface area is 157 Å². The maximum absolute atomic E-state index is 6.60. The van der Waals surface area contributed by atoms with Crippen molar-refractivity contribution in [1.29, 1.82) is 0 Å². The zero-order valence-electron chi connectivity index (χ0n) is 16.1. The number of hydrogen-bond acceptors (Lipinski definition) is 3. The standard InChI is InChI=1S/C23H32O3/c1-2-3-9-18-13-17-8-7-10-19-21(17)20(25-18)14-23(26-19)15-22(16-24-23)11-5-4-6-12-22/h7-8,10,18,20H,2-6,9,11-16H2,1H3. The lowest BCUT2D eigenvalue weighted by Gasteiger charge is -2.44. The number of rotatable bonds is 3. The predicted octanol–water partition coefficient (Wildman–Crippen LogP) is 5.71. The summed E-state index contributed by atoms with van der Waals surface area (Å²) in [5, 5.41) is 0. The highest BCUT2D eigenvalue weighted by molar-refractivity contribution is 5.45. The van der Waals surface area contributed by atoms with Crippen molar-refractivity contribution in [3.8, 4) is 5.75 Å². The number of unbranched alkanes of at least 4 members (excludes halogenated alkanes) is 1. The zero-order valence-corrected chi connectivity index (χ0v) is 16.1. The molecule has 2 fully saturated rings. The molecule has 3 nitrogen and oxygen atoms in total. The molecule has 0 bridgehead atoms. The molecule has 1 aliphatic carbocycles. The van der Waals surface area contributed by atoms with Crippen LogP contribution < -0.4 is 4.74 Å². The fraction of sp³-hybridized carbons (Fsp3) is 0.739. The first-order chi connectivity index (χ1) is 12.7. The van der Waals surface area contributed by atoms with E-state index >= 15 is 0 Å². The SMILES string of the molecule is CCCCC1Cc2cccc3c2C(CC2(CC4(CCCCC4)CO2)O3)O1. The molecule has 5 rings (SSSR count). The second-order valence-electron chi connectivity index (χ2n) is 9.17. The molecule has 0 amide bonds. The van der Waals surface area contributed by atoms with Gasteiger partial charge in [0.1, 0.15) is 5.75 Å². The molecule has 3 unspecified atom stereocenters. The van der Waals surface area contributed by atoms with Gasteiger partial charge in [-0.2, -0.15) is 0 Å². The lowest BCUT2D eigenvalue weighted by atomic mass is 9.71. The summed E-state index contributed by atoms with van der Waals surface area (Å²) in [5.74, 6) is 0.556. The largest absolute Gasteiger partial charge is 0.462 e. The van der Waals surface area contributed by atoms with Gasteiger partial charge in [0, 0.05) is 23.8 Å². The summed E-state index contributed by atoms with van der Waals surface area (Å²) in [6.45, 7) is 3.13. The van der Waals surface area contributed by atoms with Gasteiger partial charge in [0.15, 0.2) is 0 Å². The van der Waals surface area contributed by atoms with Crippen LogP contribution in [-0.2, 0) is 15.9 Å². The highest BCUT2D eigenvalue weighted by Crippen LogP contribution is 2.56. The van der Waals surface area contributed by atoms with Gasteiger partial charge in [-0.3, -0.25) is 0 Å². The Kier molecular flexibility index (Phi) is 4.28. The summed E-state index contributed by atoms with van der Waals surface area (Å²) in [6, 6.07) is 6.54. The van der Waals surface area contributed by atoms with Crippen LogP contribution in [0.15, 0.2) is 18.2 Å². The van der Waals surface area contributed by atoms with Crippen LogP contribution in [0.25, 0.3) is 0 Å². The second-order valence-corrected chi connectivity index (χ2v) is 9.17. The van der Waals surface area contributed by atoms with Crippen molar-refractivity contribution in [3.63, 3.8) is 0 Å². The monoisotopic (exact) mass is 356 g/mol. The fourth-order valence-corrected chi connectivity index (χ4v) is 5.87. The lowest BCUT2D eigenvalue weighted by molar-refractivity contribution is -0.197. The highest BCUT2D eigenvalue weighted by atomic mass is 16.7. The Morgan fingerprint density at radius 2 is 2.04 bits per heavy atom. The van der Waals surface area contributed by atoms with Crippen LogP contribution in [0.5, 0.6) is 5.75 Å². The normalized spacial score (nSPS) is 34.7. The van der Waals surface area contributed by atoms with Crippen molar-refractivity contribution < 1.29 is 14.2 Å². The Bertz CT molecular complexity index is 663. The van der Waals surface area contributed by atoms with Gasteiger partial charge in [-0.25, -0.2) is 0 Å². The number of ether oxygens (including phenoxy) is 3. The molecule has 0 aromatic heterocycles. The van der Waals surface area contributed by atoms with Crippen LogP contribution in [0.3, 0.4) is 0 Å². The Hall–Kier alpha value is -1.06. The molecule has 1 saturated carbocycles. The summed E-state index contributed by atoms with van der Waals surface area (Å²) in [7, 11) is 0. The summed E-state index contributed by atoms with van der Waals surface area (Å²) in [5.41, 5.74) is 3.09. The molecule has 3 aliphatic heterocycles. The van der Waals surface area contributed by atoms with Gasteiger partial charge in [0.2, 0.25) is 5.79 Å². The maximum Gasteiger partial charge on any atom is 0.214 e. The summed E-state index contributed by atoms with van der Waals surface area (Å²) < 4.78 is 19.6. The van der Waals surface area contributed by atoms with Crippen LogP contribution in [0.4, 0.5) is 0 Å². The van der Waals surface area contributed by atoms with Crippen molar-refractivity contribution >= 4 is 0 Å². The molecular weight excluding hydrogens is 324 g/mol. The smallest absolute Gasteiger partial charge is 0.214 e. The molecule has 1 aromatic carbocycles. The highest BCUT2D eigenvalue weighted by Gasteiger charge is 2.55. The first-order valence-electron chi connectivity index (χ1n) is 10.8. The van der Waals surface area contributed by atoms with Gasteiger partial charge in [0.25, 0.3) is 0 Å². The Balaban J connectivity index is 1.42. The van der Waals surface area contributed by atoms with Crippen molar-refractivity contribution in [2.45, 2.75) is 95.5 Å². The molecule has 3 heterocycles.